The third-order valence-electron chi connectivity index (χ3n) is 3.85. The molecule has 0 amide bonds. The van der Waals surface area contributed by atoms with Gasteiger partial charge in [-0.25, -0.2) is 4.39 Å². The number of methoxy groups -OCH3 is 1. The van der Waals surface area contributed by atoms with E-state index in [0.29, 0.717) is 17.3 Å². The first-order chi connectivity index (χ1) is 9.08. The van der Waals surface area contributed by atoms with Crippen LogP contribution in [0.5, 0.6) is 0 Å². The van der Waals surface area contributed by atoms with Crippen LogP contribution in [0.1, 0.15) is 25.7 Å². The summed E-state index contributed by atoms with van der Waals surface area (Å²) in [5, 5.41) is 3.85. The van der Waals surface area contributed by atoms with Gasteiger partial charge in [-0.2, -0.15) is 0 Å². The number of hydrogen-bond acceptors (Lipinski definition) is 3. The van der Waals surface area contributed by atoms with E-state index in [1.807, 2.05) is 0 Å². The second kappa shape index (κ2) is 6.07. The van der Waals surface area contributed by atoms with Gasteiger partial charge in [0.05, 0.1) is 22.4 Å². The highest BCUT2D eigenvalue weighted by Crippen LogP contribution is 2.34. The molecule has 2 rings (SSSR count). The third-order valence-corrected chi connectivity index (χ3v) is 4.18. The normalized spacial score (nSPS) is 27.3. The van der Waals surface area contributed by atoms with Crippen LogP contribution in [0, 0.1) is 5.82 Å². The van der Waals surface area contributed by atoms with Crippen molar-refractivity contribution in [1.29, 1.82) is 0 Å². The summed E-state index contributed by atoms with van der Waals surface area (Å²) < 4.78 is 18.8. The first-order valence-electron chi connectivity index (χ1n) is 6.55. The highest BCUT2D eigenvalue weighted by molar-refractivity contribution is 6.33. The van der Waals surface area contributed by atoms with Gasteiger partial charge in [0.1, 0.15) is 5.82 Å². The Bertz CT molecular complexity index is 443. The van der Waals surface area contributed by atoms with E-state index in [0.717, 1.165) is 25.7 Å². The maximum atomic E-state index is 13.3. The Hall–Kier alpha value is -0.840. The number of halogens is 2. The molecule has 1 aromatic carbocycles. The molecule has 0 radical (unpaired) electrons. The Balaban J connectivity index is 2.20. The lowest BCUT2D eigenvalue weighted by Gasteiger charge is -2.41. The predicted octanol–water partition coefficient (Wildman–Crippen LogP) is 3.18. The topological polar surface area (TPSA) is 47.3 Å². The summed E-state index contributed by atoms with van der Waals surface area (Å²) in [7, 11) is 1.71. The van der Waals surface area contributed by atoms with Crippen molar-refractivity contribution < 1.29 is 9.13 Å². The number of anilines is 1. The predicted molar refractivity (Wildman–Crippen MR) is 76.1 cm³/mol. The average molecular weight is 287 g/mol. The Morgan fingerprint density at radius 1 is 1.58 bits per heavy atom. The largest absolute Gasteiger partial charge is 0.381 e. The van der Waals surface area contributed by atoms with Crippen LogP contribution in [0.25, 0.3) is 0 Å². The summed E-state index contributed by atoms with van der Waals surface area (Å²) in [5.74, 6) is -0.307. The van der Waals surface area contributed by atoms with E-state index in [1.165, 1.54) is 12.1 Å². The van der Waals surface area contributed by atoms with Crippen LogP contribution in [0.2, 0.25) is 5.02 Å². The van der Waals surface area contributed by atoms with Crippen molar-refractivity contribution in [2.45, 2.75) is 37.3 Å². The Morgan fingerprint density at radius 2 is 2.37 bits per heavy atom. The average Bonchev–Trinajstić information content (AvgIpc) is 2.43. The van der Waals surface area contributed by atoms with Gasteiger partial charge in [-0.1, -0.05) is 11.6 Å². The molecule has 106 valence electrons. The Morgan fingerprint density at radius 3 is 3.05 bits per heavy atom. The summed E-state index contributed by atoms with van der Waals surface area (Å²) in [6.07, 6.45) is 4.02. The first-order valence-corrected chi connectivity index (χ1v) is 6.92. The highest BCUT2D eigenvalue weighted by Gasteiger charge is 2.35. The van der Waals surface area contributed by atoms with Crippen molar-refractivity contribution in [2.75, 3.05) is 19.0 Å². The second-order valence-electron chi connectivity index (χ2n) is 5.19. The molecule has 1 aliphatic rings. The maximum Gasteiger partial charge on any atom is 0.125 e. The summed E-state index contributed by atoms with van der Waals surface area (Å²) >= 11 is 6.10. The summed E-state index contributed by atoms with van der Waals surface area (Å²) in [6, 6.07) is 4.32. The standard InChI is InChI=1S/C14H20ClFN2O/c1-19-11-3-2-6-14(8-11,9-17)18-13-7-10(16)4-5-12(13)15/h4-5,7,11,18H,2-3,6,8-9,17H2,1H3. The molecular formula is C14H20ClFN2O. The molecule has 0 saturated heterocycles. The van der Waals surface area contributed by atoms with Crippen molar-refractivity contribution in [3.8, 4) is 0 Å². The van der Waals surface area contributed by atoms with Crippen LogP contribution in [-0.4, -0.2) is 25.3 Å². The van der Waals surface area contributed by atoms with Crippen molar-refractivity contribution in [2.24, 2.45) is 5.73 Å². The van der Waals surface area contributed by atoms with E-state index in [4.69, 9.17) is 22.1 Å². The fourth-order valence-corrected chi connectivity index (χ4v) is 2.90. The van der Waals surface area contributed by atoms with Gasteiger partial charge in [-0.3, -0.25) is 0 Å². The van der Waals surface area contributed by atoms with Gasteiger partial charge in [-0.05, 0) is 43.9 Å². The molecule has 1 aromatic rings. The monoisotopic (exact) mass is 286 g/mol. The van der Waals surface area contributed by atoms with E-state index in [9.17, 15) is 4.39 Å². The van der Waals surface area contributed by atoms with Crippen LogP contribution < -0.4 is 11.1 Å². The lowest BCUT2D eigenvalue weighted by Crippen LogP contribution is -2.50. The maximum absolute atomic E-state index is 13.3. The molecule has 0 aliphatic heterocycles. The van der Waals surface area contributed by atoms with E-state index in [2.05, 4.69) is 5.32 Å². The number of benzene rings is 1. The van der Waals surface area contributed by atoms with Gasteiger partial charge in [-0.15, -0.1) is 0 Å². The molecule has 3 nitrogen and oxygen atoms in total. The van der Waals surface area contributed by atoms with Gasteiger partial charge in [0, 0.05) is 13.7 Å². The van der Waals surface area contributed by atoms with Crippen LogP contribution >= 0.6 is 11.6 Å². The van der Waals surface area contributed by atoms with Crippen LogP contribution in [-0.2, 0) is 4.74 Å². The van der Waals surface area contributed by atoms with E-state index < -0.39 is 0 Å². The summed E-state index contributed by atoms with van der Waals surface area (Å²) in [5.41, 5.74) is 6.27. The number of rotatable bonds is 4. The van der Waals surface area contributed by atoms with Gasteiger partial charge >= 0.3 is 0 Å². The molecule has 0 bridgehead atoms. The van der Waals surface area contributed by atoms with Crippen LogP contribution in [0.3, 0.4) is 0 Å². The van der Waals surface area contributed by atoms with E-state index in [1.54, 1.807) is 13.2 Å². The van der Waals surface area contributed by atoms with E-state index >= 15 is 0 Å². The SMILES string of the molecule is COC1CCCC(CN)(Nc2cc(F)ccc2Cl)C1. The summed E-state index contributed by atoms with van der Waals surface area (Å²) in [6.45, 7) is 0.472. The number of hydrogen-bond donors (Lipinski definition) is 2. The van der Waals surface area contributed by atoms with Crippen molar-refractivity contribution in [1.82, 2.24) is 0 Å². The Labute approximate surface area is 118 Å². The molecule has 0 aromatic heterocycles. The zero-order valence-electron chi connectivity index (χ0n) is 11.1. The van der Waals surface area contributed by atoms with E-state index in [-0.39, 0.29) is 17.5 Å². The molecule has 0 heterocycles. The molecule has 3 N–H and O–H groups in total. The smallest absolute Gasteiger partial charge is 0.125 e. The zero-order chi connectivity index (χ0) is 13.9. The van der Waals surface area contributed by atoms with Gasteiger partial charge < -0.3 is 15.8 Å². The minimum absolute atomic E-state index is 0.192. The zero-order valence-corrected chi connectivity index (χ0v) is 11.8. The highest BCUT2D eigenvalue weighted by atomic mass is 35.5. The molecule has 19 heavy (non-hydrogen) atoms. The fourth-order valence-electron chi connectivity index (χ4n) is 2.74. The third kappa shape index (κ3) is 3.38. The number of nitrogens with one attached hydrogen (secondary N) is 1. The van der Waals surface area contributed by atoms with Crippen molar-refractivity contribution >= 4 is 17.3 Å². The van der Waals surface area contributed by atoms with Crippen LogP contribution in [0.15, 0.2) is 18.2 Å². The van der Waals surface area contributed by atoms with Gasteiger partial charge in [0.2, 0.25) is 0 Å². The Kier molecular flexibility index (Phi) is 4.66. The quantitative estimate of drug-likeness (QED) is 0.894. The molecule has 0 spiro atoms. The fraction of sp³-hybridized carbons (Fsp3) is 0.571. The van der Waals surface area contributed by atoms with Gasteiger partial charge in [0.15, 0.2) is 0 Å². The molecule has 1 aliphatic carbocycles. The first kappa shape index (κ1) is 14.6. The van der Waals surface area contributed by atoms with Crippen molar-refractivity contribution in [3.05, 3.63) is 29.0 Å². The lowest BCUT2D eigenvalue weighted by molar-refractivity contribution is 0.0483. The number of nitrogens with two attached hydrogens (primary N) is 1. The van der Waals surface area contributed by atoms with Crippen molar-refractivity contribution in [3.63, 3.8) is 0 Å². The lowest BCUT2D eigenvalue weighted by atomic mass is 9.80. The van der Waals surface area contributed by atoms with Crippen LogP contribution in [0.4, 0.5) is 10.1 Å². The minimum atomic E-state index is -0.307. The second-order valence-corrected chi connectivity index (χ2v) is 5.59. The minimum Gasteiger partial charge on any atom is -0.381 e. The number of ether oxygens (including phenoxy) is 1. The molecule has 2 unspecified atom stereocenters. The molecule has 5 heteroatoms. The molecular weight excluding hydrogens is 267 g/mol. The molecule has 1 fully saturated rings. The van der Waals surface area contributed by atoms with Gasteiger partial charge in [0.25, 0.3) is 0 Å². The summed E-state index contributed by atoms with van der Waals surface area (Å²) in [4.78, 5) is 0. The molecule has 2 atom stereocenters. The molecule has 1 saturated carbocycles.